The summed E-state index contributed by atoms with van der Waals surface area (Å²) in [5.74, 6) is 0.0358. The van der Waals surface area contributed by atoms with E-state index in [-0.39, 0.29) is 11.9 Å². The summed E-state index contributed by atoms with van der Waals surface area (Å²) in [5.41, 5.74) is 1.55. The van der Waals surface area contributed by atoms with Gasteiger partial charge in [-0.05, 0) is 30.7 Å². The lowest BCUT2D eigenvalue weighted by atomic mass is 10.2. The van der Waals surface area contributed by atoms with E-state index >= 15 is 0 Å². The molecule has 1 aliphatic heterocycles. The highest BCUT2D eigenvalue weighted by Crippen LogP contribution is 2.22. The van der Waals surface area contributed by atoms with Gasteiger partial charge in [0.2, 0.25) is 0 Å². The maximum Gasteiger partial charge on any atom is 0.254 e. The lowest BCUT2D eigenvalue weighted by Crippen LogP contribution is -2.29. The molecular formula is C16H16N6O. The Kier molecular flexibility index (Phi) is 3.38. The summed E-state index contributed by atoms with van der Waals surface area (Å²) in [5, 5.41) is 12.5. The molecule has 1 saturated heterocycles. The lowest BCUT2D eigenvalue weighted by Gasteiger charge is -2.17. The number of benzene rings is 1. The number of carbonyl (C=O) groups excluding carboxylic acids is 1. The third-order valence-electron chi connectivity index (χ3n) is 4.08. The fraction of sp³-hybridized carbons (Fsp3) is 0.250. The SMILES string of the molecule is O=C(c1cccc(-n2cccn2)c1)N1CC[C@@H](n2nccn2)C1. The largest absolute Gasteiger partial charge is 0.336 e. The molecule has 1 amide bonds. The first-order valence-electron chi connectivity index (χ1n) is 7.56. The fourth-order valence-electron chi connectivity index (χ4n) is 2.91. The molecule has 1 fully saturated rings. The second kappa shape index (κ2) is 5.68. The molecule has 0 N–H and O–H groups in total. The van der Waals surface area contributed by atoms with Gasteiger partial charge in [0.15, 0.2) is 0 Å². The van der Waals surface area contributed by atoms with Crippen LogP contribution in [0.2, 0.25) is 0 Å². The van der Waals surface area contributed by atoms with Gasteiger partial charge in [0.25, 0.3) is 5.91 Å². The smallest absolute Gasteiger partial charge is 0.254 e. The number of amides is 1. The number of likely N-dealkylation sites (tertiary alicyclic amines) is 1. The van der Waals surface area contributed by atoms with Crippen molar-refractivity contribution in [3.8, 4) is 5.69 Å². The van der Waals surface area contributed by atoms with Crippen molar-refractivity contribution in [2.45, 2.75) is 12.5 Å². The molecule has 1 aromatic carbocycles. The van der Waals surface area contributed by atoms with E-state index in [4.69, 9.17) is 0 Å². The van der Waals surface area contributed by atoms with Crippen molar-refractivity contribution in [2.75, 3.05) is 13.1 Å². The average molecular weight is 308 g/mol. The van der Waals surface area contributed by atoms with Gasteiger partial charge < -0.3 is 4.90 Å². The summed E-state index contributed by atoms with van der Waals surface area (Å²) in [4.78, 5) is 16.3. The molecule has 0 saturated carbocycles. The summed E-state index contributed by atoms with van der Waals surface area (Å²) in [6, 6.07) is 9.54. The average Bonchev–Trinajstić information content (AvgIpc) is 3.36. The molecule has 0 spiro atoms. The van der Waals surface area contributed by atoms with Gasteiger partial charge in [-0.25, -0.2) is 4.68 Å². The minimum atomic E-state index is 0.0358. The van der Waals surface area contributed by atoms with Gasteiger partial charge in [-0.2, -0.15) is 20.1 Å². The maximum atomic E-state index is 12.7. The molecule has 0 aliphatic carbocycles. The lowest BCUT2D eigenvalue weighted by molar-refractivity contribution is 0.0786. The van der Waals surface area contributed by atoms with Gasteiger partial charge in [0, 0.05) is 31.0 Å². The Hall–Kier alpha value is -2.96. The summed E-state index contributed by atoms with van der Waals surface area (Å²) in [6.07, 6.45) is 7.78. The fourth-order valence-corrected chi connectivity index (χ4v) is 2.91. The highest BCUT2D eigenvalue weighted by atomic mass is 16.2. The van der Waals surface area contributed by atoms with Gasteiger partial charge in [0.1, 0.15) is 0 Å². The van der Waals surface area contributed by atoms with Gasteiger partial charge in [-0.15, -0.1) is 0 Å². The Bertz CT molecular complexity index is 796. The molecule has 3 aromatic rings. The van der Waals surface area contributed by atoms with E-state index in [9.17, 15) is 4.79 Å². The van der Waals surface area contributed by atoms with Crippen LogP contribution in [0.5, 0.6) is 0 Å². The van der Waals surface area contributed by atoms with Crippen molar-refractivity contribution in [1.82, 2.24) is 29.7 Å². The van der Waals surface area contributed by atoms with Crippen LogP contribution in [0.3, 0.4) is 0 Å². The molecule has 23 heavy (non-hydrogen) atoms. The Morgan fingerprint density at radius 2 is 1.96 bits per heavy atom. The van der Waals surface area contributed by atoms with E-state index in [1.807, 2.05) is 41.4 Å². The topological polar surface area (TPSA) is 68.8 Å². The summed E-state index contributed by atoms with van der Waals surface area (Å²) in [7, 11) is 0. The van der Waals surface area contributed by atoms with Crippen molar-refractivity contribution in [3.63, 3.8) is 0 Å². The first kappa shape index (κ1) is 13.7. The van der Waals surface area contributed by atoms with E-state index < -0.39 is 0 Å². The Morgan fingerprint density at radius 3 is 2.74 bits per heavy atom. The molecule has 2 aromatic heterocycles. The van der Waals surface area contributed by atoms with E-state index in [0.717, 1.165) is 18.7 Å². The van der Waals surface area contributed by atoms with Gasteiger partial charge >= 0.3 is 0 Å². The first-order chi connectivity index (χ1) is 11.3. The van der Waals surface area contributed by atoms with Crippen LogP contribution in [-0.4, -0.2) is 48.7 Å². The molecule has 0 unspecified atom stereocenters. The quantitative estimate of drug-likeness (QED) is 0.736. The molecular weight excluding hydrogens is 292 g/mol. The second-order valence-corrected chi connectivity index (χ2v) is 5.54. The van der Waals surface area contributed by atoms with Crippen molar-refractivity contribution < 1.29 is 4.79 Å². The number of carbonyl (C=O) groups is 1. The third kappa shape index (κ3) is 2.61. The predicted octanol–water partition coefficient (Wildman–Crippen LogP) is 1.55. The van der Waals surface area contributed by atoms with Crippen LogP contribution in [0, 0.1) is 0 Å². The normalized spacial score (nSPS) is 17.6. The van der Waals surface area contributed by atoms with Crippen LogP contribution in [-0.2, 0) is 0 Å². The molecule has 116 valence electrons. The minimum absolute atomic E-state index is 0.0358. The van der Waals surface area contributed by atoms with Crippen molar-refractivity contribution >= 4 is 5.91 Å². The Labute approximate surface area is 133 Å². The predicted molar refractivity (Wildman–Crippen MR) is 83.1 cm³/mol. The zero-order valence-corrected chi connectivity index (χ0v) is 12.5. The molecule has 1 atom stereocenters. The molecule has 1 aliphatic rings. The van der Waals surface area contributed by atoms with Crippen LogP contribution < -0.4 is 0 Å². The molecule has 0 bridgehead atoms. The zero-order valence-electron chi connectivity index (χ0n) is 12.5. The summed E-state index contributed by atoms with van der Waals surface area (Å²) in [6.45, 7) is 1.36. The molecule has 3 heterocycles. The van der Waals surface area contributed by atoms with Crippen LogP contribution in [0.25, 0.3) is 5.69 Å². The van der Waals surface area contributed by atoms with Crippen molar-refractivity contribution in [3.05, 3.63) is 60.7 Å². The highest BCUT2D eigenvalue weighted by Gasteiger charge is 2.29. The molecule has 7 nitrogen and oxygen atoms in total. The van der Waals surface area contributed by atoms with E-state index in [1.54, 1.807) is 28.1 Å². The summed E-state index contributed by atoms with van der Waals surface area (Å²) < 4.78 is 1.75. The van der Waals surface area contributed by atoms with Crippen LogP contribution in [0.4, 0.5) is 0 Å². The number of rotatable bonds is 3. The van der Waals surface area contributed by atoms with Crippen LogP contribution in [0.1, 0.15) is 22.8 Å². The molecule has 7 heteroatoms. The Morgan fingerprint density at radius 1 is 1.09 bits per heavy atom. The highest BCUT2D eigenvalue weighted by molar-refractivity contribution is 5.95. The van der Waals surface area contributed by atoms with Crippen LogP contribution >= 0.6 is 0 Å². The van der Waals surface area contributed by atoms with Crippen molar-refractivity contribution in [1.29, 1.82) is 0 Å². The van der Waals surface area contributed by atoms with E-state index in [2.05, 4.69) is 15.3 Å². The molecule has 0 radical (unpaired) electrons. The maximum absolute atomic E-state index is 12.7. The third-order valence-corrected chi connectivity index (χ3v) is 4.08. The number of nitrogens with zero attached hydrogens (tertiary/aromatic N) is 6. The number of hydrogen-bond acceptors (Lipinski definition) is 4. The standard InChI is InChI=1S/C16H16N6O/c23-16(20-10-5-15(12-20)22-18-7-8-19-22)13-3-1-4-14(11-13)21-9-2-6-17-21/h1-4,6-9,11,15H,5,10,12H2/t15-/m1/s1. The van der Waals surface area contributed by atoms with Gasteiger partial charge in [0.05, 0.1) is 24.1 Å². The summed E-state index contributed by atoms with van der Waals surface area (Å²) >= 11 is 0. The number of aromatic nitrogens is 5. The Balaban J connectivity index is 1.52. The monoisotopic (exact) mass is 308 g/mol. The zero-order chi connectivity index (χ0) is 15.6. The van der Waals surface area contributed by atoms with E-state index in [0.29, 0.717) is 12.1 Å². The second-order valence-electron chi connectivity index (χ2n) is 5.54. The van der Waals surface area contributed by atoms with E-state index in [1.165, 1.54) is 0 Å². The minimum Gasteiger partial charge on any atom is -0.336 e. The number of hydrogen-bond donors (Lipinski definition) is 0. The first-order valence-corrected chi connectivity index (χ1v) is 7.56. The van der Waals surface area contributed by atoms with Gasteiger partial charge in [-0.3, -0.25) is 4.79 Å². The van der Waals surface area contributed by atoms with Crippen LogP contribution in [0.15, 0.2) is 55.1 Å². The molecule has 4 rings (SSSR count). The van der Waals surface area contributed by atoms with Gasteiger partial charge in [-0.1, -0.05) is 6.07 Å². The van der Waals surface area contributed by atoms with Crippen molar-refractivity contribution in [2.24, 2.45) is 0 Å².